The van der Waals surface area contributed by atoms with E-state index in [2.05, 4.69) is 60.7 Å². The van der Waals surface area contributed by atoms with E-state index >= 15 is 0 Å². The highest BCUT2D eigenvalue weighted by Gasteiger charge is 1.93. The summed E-state index contributed by atoms with van der Waals surface area (Å²) in [4.78, 5) is 0. The van der Waals surface area contributed by atoms with E-state index in [1.54, 1.807) is 0 Å². The van der Waals surface area contributed by atoms with Crippen molar-refractivity contribution in [3.05, 3.63) is 60.7 Å². The molecule has 0 bridgehead atoms. The third-order valence-corrected chi connectivity index (χ3v) is 3.85. The largest absolute Gasteiger partial charge is 0.269 e. The zero-order valence-electron chi connectivity index (χ0n) is 7.89. The molecule has 0 heterocycles. The molecule has 0 aromatic heterocycles. The van der Waals surface area contributed by atoms with E-state index < -0.39 is 0 Å². The van der Waals surface area contributed by atoms with Gasteiger partial charge in [-0.05, 0) is 0 Å². The number of hydrogen-bond acceptors (Lipinski definition) is 0. The van der Waals surface area contributed by atoms with Crippen molar-refractivity contribution in [2.45, 2.75) is 0 Å². The SMILES string of the molecule is F.c1ccc([SiH2]c2ccccc2)cc1. The van der Waals surface area contributed by atoms with E-state index in [1.165, 1.54) is 10.4 Å². The molecule has 0 fully saturated rings. The Morgan fingerprint density at radius 1 is 0.571 bits per heavy atom. The zero-order valence-corrected chi connectivity index (χ0v) is 9.30. The maximum Gasteiger partial charge on any atom is 0.0875 e. The molecule has 0 saturated heterocycles. The fourth-order valence-corrected chi connectivity index (χ4v) is 2.91. The van der Waals surface area contributed by atoms with E-state index in [0.717, 1.165) is 0 Å². The smallest absolute Gasteiger partial charge is 0.0875 e. The molecule has 2 aromatic rings. The van der Waals surface area contributed by atoms with E-state index in [9.17, 15) is 0 Å². The van der Waals surface area contributed by atoms with Gasteiger partial charge in [-0.2, -0.15) is 0 Å². The van der Waals surface area contributed by atoms with Crippen LogP contribution in [0.1, 0.15) is 0 Å². The lowest BCUT2D eigenvalue weighted by atomic mass is 10.4. The summed E-state index contributed by atoms with van der Waals surface area (Å²) >= 11 is 0. The van der Waals surface area contributed by atoms with Gasteiger partial charge in [0.15, 0.2) is 0 Å². The second kappa shape index (κ2) is 5.35. The van der Waals surface area contributed by atoms with Gasteiger partial charge in [-0.1, -0.05) is 71.0 Å². The highest BCUT2D eigenvalue weighted by molar-refractivity contribution is 6.67. The van der Waals surface area contributed by atoms with Crippen molar-refractivity contribution in [1.82, 2.24) is 0 Å². The average Bonchev–Trinajstić information content (AvgIpc) is 2.21. The van der Waals surface area contributed by atoms with Crippen LogP contribution in [0, 0.1) is 0 Å². The molecule has 2 aromatic carbocycles. The Balaban J connectivity index is 0.000000980. The summed E-state index contributed by atoms with van der Waals surface area (Å²) in [5.41, 5.74) is 0. The number of hydrogen-bond donors (Lipinski definition) is 0. The highest BCUT2D eigenvalue weighted by Crippen LogP contribution is 1.84. The minimum Gasteiger partial charge on any atom is -0.269 e. The first kappa shape index (κ1) is 10.7. The van der Waals surface area contributed by atoms with E-state index in [-0.39, 0.29) is 14.2 Å². The van der Waals surface area contributed by atoms with Gasteiger partial charge in [0, 0.05) is 0 Å². The van der Waals surface area contributed by atoms with Gasteiger partial charge in [0.05, 0.1) is 9.52 Å². The summed E-state index contributed by atoms with van der Waals surface area (Å²) in [5.74, 6) is 0. The summed E-state index contributed by atoms with van der Waals surface area (Å²) in [6, 6.07) is 21.5. The van der Waals surface area contributed by atoms with Crippen LogP contribution < -0.4 is 10.4 Å². The molecule has 0 aliphatic heterocycles. The monoisotopic (exact) mass is 204 g/mol. The van der Waals surface area contributed by atoms with Crippen molar-refractivity contribution in [2.75, 3.05) is 0 Å². The van der Waals surface area contributed by atoms with Gasteiger partial charge in [-0.25, -0.2) is 0 Å². The molecule has 0 spiro atoms. The van der Waals surface area contributed by atoms with Gasteiger partial charge in [-0.15, -0.1) is 0 Å². The molecule has 0 N–H and O–H groups in total. The van der Waals surface area contributed by atoms with Crippen molar-refractivity contribution in [3.63, 3.8) is 0 Å². The van der Waals surface area contributed by atoms with Crippen LogP contribution in [-0.4, -0.2) is 9.52 Å². The number of rotatable bonds is 2. The quantitative estimate of drug-likeness (QED) is 0.639. The van der Waals surface area contributed by atoms with Crippen LogP contribution in [0.4, 0.5) is 4.70 Å². The Kier molecular flexibility index (Phi) is 4.07. The minimum atomic E-state index is -0.234. The molecule has 72 valence electrons. The van der Waals surface area contributed by atoms with Gasteiger partial charge in [-0.3, -0.25) is 4.70 Å². The molecule has 0 atom stereocenters. The Bertz CT molecular complexity index is 321. The summed E-state index contributed by atoms with van der Waals surface area (Å²) < 4.78 is 0. The Labute approximate surface area is 85.8 Å². The maximum atomic E-state index is 2.22. The second-order valence-electron chi connectivity index (χ2n) is 3.15. The molecular weight excluding hydrogens is 191 g/mol. The van der Waals surface area contributed by atoms with Crippen LogP contribution in [0.15, 0.2) is 60.7 Å². The van der Waals surface area contributed by atoms with Crippen molar-refractivity contribution < 1.29 is 4.70 Å². The Morgan fingerprint density at radius 2 is 0.929 bits per heavy atom. The summed E-state index contributed by atoms with van der Waals surface area (Å²) in [5, 5.41) is 3.02. The molecule has 2 rings (SSSR count). The molecule has 2 heteroatoms. The van der Waals surface area contributed by atoms with E-state index in [0.29, 0.717) is 0 Å². The first-order valence-electron chi connectivity index (χ1n) is 4.53. The van der Waals surface area contributed by atoms with E-state index in [4.69, 9.17) is 0 Å². The van der Waals surface area contributed by atoms with Crippen molar-refractivity contribution in [1.29, 1.82) is 0 Å². The van der Waals surface area contributed by atoms with Crippen molar-refractivity contribution in [2.24, 2.45) is 0 Å². The first-order chi connectivity index (χ1) is 6.45. The molecule has 14 heavy (non-hydrogen) atoms. The molecule has 0 amide bonds. The van der Waals surface area contributed by atoms with Gasteiger partial charge in [0.2, 0.25) is 0 Å². The molecule has 0 unspecified atom stereocenters. The Morgan fingerprint density at radius 3 is 1.29 bits per heavy atom. The van der Waals surface area contributed by atoms with Crippen molar-refractivity contribution >= 4 is 19.9 Å². The maximum absolute atomic E-state index is 2.22. The summed E-state index contributed by atoms with van der Waals surface area (Å²) in [7, 11) is -0.234. The van der Waals surface area contributed by atoms with Gasteiger partial charge in [0.25, 0.3) is 0 Å². The fraction of sp³-hybridized carbons (Fsp3) is 0. The van der Waals surface area contributed by atoms with Crippen LogP contribution >= 0.6 is 0 Å². The predicted octanol–water partition coefficient (Wildman–Crippen LogP) is 0.959. The highest BCUT2D eigenvalue weighted by atomic mass is 28.2. The predicted molar refractivity (Wildman–Crippen MR) is 63.2 cm³/mol. The minimum absolute atomic E-state index is 0. The van der Waals surface area contributed by atoms with Gasteiger partial charge >= 0.3 is 0 Å². The normalized spacial score (nSPS) is 9.14. The third kappa shape index (κ3) is 2.82. The lowest BCUT2D eigenvalue weighted by molar-refractivity contribution is 1.11. The summed E-state index contributed by atoms with van der Waals surface area (Å²) in [6.07, 6.45) is 0. The van der Waals surface area contributed by atoms with Gasteiger partial charge < -0.3 is 0 Å². The van der Waals surface area contributed by atoms with Crippen LogP contribution in [0.3, 0.4) is 0 Å². The molecule has 0 nitrogen and oxygen atoms in total. The topological polar surface area (TPSA) is 0 Å². The summed E-state index contributed by atoms with van der Waals surface area (Å²) in [6.45, 7) is 0. The molecule has 0 saturated carbocycles. The van der Waals surface area contributed by atoms with Crippen LogP contribution in [0.5, 0.6) is 0 Å². The van der Waals surface area contributed by atoms with Crippen LogP contribution in [0.25, 0.3) is 0 Å². The molecule has 0 aliphatic rings. The molecular formula is C12H13FSi. The van der Waals surface area contributed by atoms with E-state index in [1.807, 2.05) is 0 Å². The second-order valence-corrected chi connectivity index (χ2v) is 5.13. The van der Waals surface area contributed by atoms with Crippen molar-refractivity contribution in [3.8, 4) is 0 Å². The van der Waals surface area contributed by atoms with Gasteiger partial charge in [0.1, 0.15) is 0 Å². The zero-order chi connectivity index (χ0) is 8.93. The first-order valence-corrected chi connectivity index (χ1v) is 5.94. The Hall–Kier alpha value is -1.41. The standard InChI is InChI=1S/C12H12Si.FH/c1-3-7-11(8-4-1)13-12-9-5-2-6-10-12;/h1-10H,13H2;1H. The van der Waals surface area contributed by atoms with Crippen LogP contribution in [0.2, 0.25) is 0 Å². The lowest BCUT2D eigenvalue weighted by Crippen LogP contribution is -2.26. The third-order valence-electron chi connectivity index (χ3n) is 2.09. The molecule has 0 radical (unpaired) electrons. The number of benzene rings is 2. The average molecular weight is 204 g/mol. The molecule has 0 aliphatic carbocycles. The van der Waals surface area contributed by atoms with Crippen LogP contribution in [-0.2, 0) is 0 Å². The fourth-order valence-electron chi connectivity index (χ4n) is 1.43. The lowest BCUT2D eigenvalue weighted by Gasteiger charge is -1.99. The number of halogens is 1.